The van der Waals surface area contributed by atoms with Gasteiger partial charge in [-0.15, -0.1) is 0 Å². The van der Waals surface area contributed by atoms with E-state index >= 15 is 0 Å². The maximum atomic E-state index is 11.7. The van der Waals surface area contributed by atoms with Crippen LogP contribution in [0.1, 0.15) is 51.6 Å². The summed E-state index contributed by atoms with van der Waals surface area (Å²) in [6.45, 7) is 6.71. The fourth-order valence-corrected chi connectivity index (χ4v) is 4.99. The lowest BCUT2D eigenvalue weighted by Crippen LogP contribution is -2.53. The number of rotatable bonds is 3. The molecular weight excluding hydrogens is 354 g/mol. The third-order valence-corrected chi connectivity index (χ3v) is 6.49. The van der Waals surface area contributed by atoms with Crippen LogP contribution in [0, 0.1) is 11.3 Å². The molecule has 0 radical (unpaired) electrons. The Hall–Kier alpha value is -2.34. The Kier molecular flexibility index (Phi) is 4.70. The Morgan fingerprint density at radius 1 is 1.32 bits per heavy atom. The van der Waals surface area contributed by atoms with E-state index < -0.39 is 12.2 Å². The summed E-state index contributed by atoms with van der Waals surface area (Å²) in [7, 11) is 0. The number of carbonyl (C=O) groups is 1. The van der Waals surface area contributed by atoms with Crippen LogP contribution >= 0.6 is 0 Å². The van der Waals surface area contributed by atoms with Crippen molar-refractivity contribution in [3.63, 3.8) is 0 Å². The van der Waals surface area contributed by atoms with Gasteiger partial charge in [0.15, 0.2) is 0 Å². The predicted molar refractivity (Wildman–Crippen MR) is 107 cm³/mol. The van der Waals surface area contributed by atoms with Crippen LogP contribution in [0.15, 0.2) is 36.8 Å². The van der Waals surface area contributed by atoms with E-state index in [9.17, 15) is 15.0 Å². The predicted octanol–water partition coefficient (Wildman–Crippen LogP) is 4.01. The third kappa shape index (κ3) is 3.20. The maximum Gasteiger partial charge on any atom is 0.407 e. The molecule has 2 aliphatic rings. The van der Waals surface area contributed by atoms with Crippen molar-refractivity contribution >= 4 is 6.09 Å². The molecule has 0 aliphatic carbocycles. The highest BCUT2D eigenvalue weighted by Gasteiger charge is 2.41. The van der Waals surface area contributed by atoms with Crippen LogP contribution in [0.5, 0.6) is 0 Å². The molecule has 1 aromatic carbocycles. The van der Waals surface area contributed by atoms with E-state index in [1.54, 1.807) is 4.90 Å². The first kappa shape index (κ1) is 19.0. The highest BCUT2D eigenvalue weighted by molar-refractivity contribution is 5.69. The number of likely N-dealkylation sites (tertiary alicyclic amines) is 1. The Morgan fingerprint density at radius 3 is 2.79 bits per heavy atom. The van der Waals surface area contributed by atoms with Crippen molar-refractivity contribution in [2.75, 3.05) is 6.54 Å². The minimum Gasteiger partial charge on any atom is -0.465 e. The van der Waals surface area contributed by atoms with E-state index in [2.05, 4.69) is 42.5 Å². The molecule has 4 rings (SSSR count). The van der Waals surface area contributed by atoms with Crippen molar-refractivity contribution in [2.24, 2.45) is 11.3 Å². The lowest BCUT2D eigenvalue weighted by molar-refractivity contribution is -0.00528. The van der Waals surface area contributed by atoms with E-state index in [0.717, 1.165) is 5.69 Å². The summed E-state index contributed by atoms with van der Waals surface area (Å²) in [5.74, 6) is 0.0968. The number of aromatic nitrogens is 2. The topological polar surface area (TPSA) is 78.6 Å². The van der Waals surface area contributed by atoms with Crippen molar-refractivity contribution in [3.05, 3.63) is 42.4 Å². The van der Waals surface area contributed by atoms with Crippen molar-refractivity contribution < 1.29 is 15.0 Å². The number of amides is 1. The molecule has 6 nitrogen and oxygen atoms in total. The number of aliphatic hydroxyl groups is 1. The molecule has 3 heterocycles. The molecule has 1 amide bonds. The van der Waals surface area contributed by atoms with Gasteiger partial charge in [0.1, 0.15) is 0 Å². The Balaban J connectivity index is 1.53. The second kappa shape index (κ2) is 6.92. The summed E-state index contributed by atoms with van der Waals surface area (Å²) >= 11 is 0. The van der Waals surface area contributed by atoms with Crippen LogP contribution in [0.3, 0.4) is 0 Å². The van der Waals surface area contributed by atoms with Crippen LogP contribution in [-0.2, 0) is 0 Å². The second-order valence-electron chi connectivity index (χ2n) is 9.23. The number of hydrogen-bond donors (Lipinski definition) is 2. The summed E-state index contributed by atoms with van der Waals surface area (Å²) in [4.78, 5) is 17.5. The Morgan fingerprint density at radius 2 is 2.07 bits per heavy atom. The normalized spacial score (nSPS) is 25.3. The largest absolute Gasteiger partial charge is 0.465 e. The van der Waals surface area contributed by atoms with Crippen LogP contribution in [-0.4, -0.2) is 49.4 Å². The molecule has 1 saturated heterocycles. The molecule has 0 saturated carbocycles. The molecule has 1 aromatic heterocycles. The van der Waals surface area contributed by atoms with Crippen LogP contribution in [0.25, 0.3) is 11.3 Å². The average Bonchev–Trinajstić information content (AvgIpc) is 3.23. The number of benzene rings is 1. The molecule has 2 aliphatic heterocycles. The van der Waals surface area contributed by atoms with Gasteiger partial charge in [-0.2, -0.15) is 0 Å². The van der Waals surface area contributed by atoms with Crippen molar-refractivity contribution in [1.82, 2.24) is 14.5 Å². The zero-order valence-electron chi connectivity index (χ0n) is 16.7. The quantitative estimate of drug-likeness (QED) is 0.839. The number of imidazole rings is 1. The van der Waals surface area contributed by atoms with Crippen LogP contribution in [0.2, 0.25) is 0 Å². The Bertz CT molecular complexity index is 870. The summed E-state index contributed by atoms with van der Waals surface area (Å²) in [6, 6.07) is 8.30. The second-order valence-corrected chi connectivity index (χ2v) is 9.23. The number of fused-ring (bicyclic) bond motifs is 3. The van der Waals surface area contributed by atoms with Gasteiger partial charge in [-0.05, 0) is 36.2 Å². The molecule has 0 spiro atoms. The van der Waals surface area contributed by atoms with Gasteiger partial charge in [0.25, 0.3) is 0 Å². The van der Waals surface area contributed by atoms with E-state index in [-0.39, 0.29) is 23.4 Å². The van der Waals surface area contributed by atoms with Crippen molar-refractivity contribution in [1.29, 1.82) is 0 Å². The minimum absolute atomic E-state index is 0.0780. The van der Waals surface area contributed by atoms with Gasteiger partial charge < -0.3 is 19.7 Å². The van der Waals surface area contributed by atoms with E-state index in [1.807, 2.05) is 24.7 Å². The molecule has 6 heteroatoms. The van der Waals surface area contributed by atoms with E-state index in [0.29, 0.717) is 25.8 Å². The van der Waals surface area contributed by atoms with Gasteiger partial charge in [-0.3, -0.25) is 0 Å². The first-order valence-electron chi connectivity index (χ1n) is 10.1. The summed E-state index contributed by atoms with van der Waals surface area (Å²) < 4.78 is 2.15. The van der Waals surface area contributed by atoms with Crippen LogP contribution < -0.4 is 0 Å². The monoisotopic (exact) mass is 383 g/mol. The number of aliphatic hydroxyl groups excluding tert-OH is 1. The smallest absolute Gasteiger partial charge is 0.407 e. The number of piperidine rings is 1. The standard InChI is InChI=1S/C22H29N3O3/c1-22(2,3)20-10-14(8-9-24(20)21(27)28)19(26)11-17-15-6-4-5-7-16(15)18-12-23-13-25(17)18/h4-7,12-14,17,19-20,26H,8-11H2,1-3H3,(H,27,28). The lowest BCUT2D eigenvalue weighted by atomic mass is 9.74. The SMILES string of the molecule is CC(C)(C)C1CC(C(O)CC2c3ccccc3-c3cncn32)CCN1C(=O)O. The fraction of sp³-hybridized carbons (Fsp3) is 0.545. The summed E-state index contributed by atoms with van der Waals surface area (Å²) in [5.41, 5.74) is 3.36. The molecule has 1 fully saturated rings. The molecule has 2 N–H and O–H groups in total. The van der Waals surface area contributed by atoms with Crippen molar-refractivity contribution in [3.8, 4) is 11.3 Å². The zero-order chi connectivity index (χ0) is 20.1. The highest BCUT2D eigenvalue weighted by Crippen LogP contribution is 2.43. The van der Waals surface area contributed by atoms with Crippen LogP contribution in [0.4, 0.5) is 4.79 Å². The van der Waals surface area contributed by atoms with E-state index in [1.165, 1.54) is 11.1 Å². The molecule has 28 heavy (non-hydrogen) atoms. The average molecular weight is 383 g/mol. The van der Waals surface area contributed by atoms with Gasteiger partial charge in [0.2, 0.25) is 0 Å². The van der Waals surface area contributed by atoms with Gasteiger partial charge in [0, 0.05) is 18.2 Å². The molecule has 0 bridgehead atoms. The minimum atomic E-state index is -0.861. The first-order valence-corrected chi connectivity index (χ1v) is 10.1. The number of nitrogens with zero attached hydrogens (tertiary/aromatic N) is 3. The summed E-state index contributed by atoms with van der Waals surface area (Å²) in [5, 5.41) is 20.7. The number of carboxylic acid groups (broad SMARTS) is 1. The molecule has 4 unspecified atom stereocenters. The van der Waals surface area contributed by atoms with Gasteiger partial charge >= 0.3 is 6.09 Å². The van der Waals surface area contributed by atoms with E-state index in [4.69, 9.17) is 0 Å². The summed E-state index contributed by atoms with van der Waals surface area (Å²) in [6.07, 6.45) is 4.40. The van der Waals surface area contributed by atoms with Gasteiger partial charge in [0.05, 0.1) is 30.4 Å². The Labute approximate surface area is 165 Å². The lowest BCUT2D eigenvalue weighted by Gasteiger charge is -2.45. The number of hydrogen-bond acceptors (Lipinski definition) is 3. The van der Waals surface area contributed by atoms with Gasteiger partial charge in [-0.1, -0.05) is 45.0 Å². The third-order valence-electron chi connectivity index (χ3n) is 6.49. The molecular formula is C22H29N3O3. The molecule has 4 atom stereocenters. The van der Waals surface area contributed by atoms with Crippen molar-refractivity contribution in [2.45, 2.75) is 58.2 Å². The first-order chi connectivity index (χ1) is 13.3. The maximum absolute atomic E-state index is 11.7. The molecule has 150 valence electrons. The fourth-order valence-electron chi connectivity index (χ4n) is 4.99. The molecule has 2 aromatic rings. The highest BCUT2D eigenvalue weighted by atomic mass is 16.4. The van der Waals surface area contributed by atoms with Gasteiger partial charge in [-0.25, -0.2) is 9.78 Å². The zero-order valence-corrected chi connectivity index (χ0v) is 16.7.